The minimum absolute atomic E-state index is 0.622. The van der Waals surface area contributed by atoms with Crippen molar-refractivity contribution in [2.24, 2.45) is 0 Å². The van der Waals surface area contributed by atoms with E-state index in [0.717, 1.165) is 82.6 Å². The second kappa shape index (κ2) is 13.6. The smallest absolute Gasteiger partial charge is 0.164 e. The fourth-order valence-corrected chi connectivity index (χ4v) is 8.11. The van der Waals surface area contributed by atoms with Gasteiger partial charge < -0.3 is 4.42 Å². The number of nitrogens with zero attached hydrogens (tertiary/aromatic N) is 3. The van der Waals surface area contributed by atoms with Gasteiger partial charge in [-0.1, -0.05) is 170 Å². The summed E-state index contributed by atoms with van der Waals surface area (Å²) in [7, 11) is 0. The lowest BCUT2D eigenvalue weighted by molar-refractivity contribution is 0.669. The van der Waals surface area contributed by atoms with Gasteiger partial charge in [0.15, 0.2) is 17.5 Å². The van der Waals surface area contributed by atoms with Crippen molar-refractivity contribution in [1.29, 1.82) is 0 Å². The maximum atomic E-state index is 6.71. The highest BCUT2D eigenvalue weighted by Crippen LogP contribution is 2.44. The number of benzene rings is 9. The van der Waals surface area contributed by atoms with Crippen molar-refractivity contribution < 1.29 is 4.42 Å². The molecule has 0 radical (unpaired) electrons. The molecule has 11 rings (SSSR count). The average Bonchev–Trinajstić information content (AvgIpc) is 3.65. The monoisotopic (exact) mass is 727 g/mol. The molecule has 9 aromatic carbocycles. The molecule has 0 aliphatic heterocycles. The molecule has 11 aromatic rings. The van der Waals surface area contributed by atoms with E-state index in [-0.39, 0.29) is 0 Å². The Morgan fingerprint density at radius 3 is 1.42 bits per heavy atom. The highest BCUT2D eigenvalue weighted by molar-refractivity contribution is 6.19. The van der Waals surface area contributed by atoms with Gasteiger partial charge in [-0.25, -0.2) is 15.0 Å². The minimum atomic E-state index is 0.622. The maximum Gasteiger partial charge on any atom is 0.164 e. The van der Waals surface area contributed by atoms with Gasteiger partial charge in [-0.3, -0.25) is 0 Å². The van der Waals surface area contributed by atoms with Crippen LogP contribution < -0.4 is 0 Å². The molecule has 0 fully saturated rings. The van der Waals surface area contributed by atoms with Crippen LogP contribution in [0.5, 0.6) is 0 Å². The Hall–Kier alpha value is -7.69. The van der Waals surface area contributed by atoms with Crippen LogP contribution in [-0.4, -0.2) is 15.0 Å². The Labute approximate surface area is 329 Å². The van der Waals surface area contributed by atoms with Crippen molar-refractivity contribution in [3.05, 3.63) is 200 Å². The first-order valence-electron chi connectivity index (χ1n) is 19.2. The Morgan fingerprint density at radius 2 is 0.754 bits per heavy atom. The standard InChI is InChI=1S/C53H33N3O/c1-4-14-34(15-5-1)36-24-26-38(27-25-36)52-54-51(37-18-8-3-9-19-37)55-53(56-52)45-29-28-44(42-22-12-13-23-43(42)45)46-31-41(35-16-6-2-7-17-35)33-49-50(46)47-30-39-20-10-11-21-40(39)32-48(47)57-49/h1-33H. The highest BCUT2D eigenvalue weighted by atomic mass is 16.3. The molecule has 2 heterocycles. The Morgan fingerprint density at radius 1 is 0.281 bits per heavy atom. The van der Waals surface area contributed by atoms with Crippen LogP contribution in [0.3, 0.4) is 0 Å². The first-order valence-corrected chi connectivity index (χ1v) is 19.2. The van der Waals surface area contributed by atoms with Crippen LogP contribution in [-0.2, 0) is 0 Å². The molecule has 0 amide bonds. The molecule has 266 valence electrons. The topological polar surface area (TPSA) is 51.8 Å². The van der Waals surface area contributed by atoms with Gasteiger partial charge in [0, 0.05) is 27.5 Å². The summed E-state index contributed by atoms with van der Waals surface area (Å²) >= 11 is 0. The molecule has 0 unspecified atom stereocenters. The molecule has 0 N–H and O–H groups in total. The van der Waals surface area contributed by atoms with E-state index in [0.29, 0.717) is 17.5 Å². The summed E-state index contributed by atoms with van der Waals surface area (Å²) in [6.07, 6.45) is 0. The average molecular weight is 728 g/mol. The molecule has 2 aromatic heterocycles. The number of hydrogen-bond acceptors (Lipinski definition) is 4. The van der Waals surface area contributed by atoms with Gasteiger partial charge in [0.1, 0.15) is 11.2 Å². The van der Waals surface area contributed by atoms with Crippen LogP contribution in [0.15, 0.2) is 205 Å². The number of hydrogen-bond donors (Lipinski definition) is 0. The van der Waals surface area contributed by atoms with Crippen LogP contribution in [0.4, 0.5) is 0 Å². The van der Waals surface area contributed by atoms with Gasteiger partial charge >= 0.3 is 0 Å². The zero-order valence-corrected chi connectivity index (χ0v) is 30.8. The zero-order valence-electron chi connectivity index (χ0n) is 30.8. The van der Waals surface area contributed by atoms with Crippen LogP contribution in [0.25, 0.3) is 111 Å². The second-order valence-electron chi connectivity index (χ2n) is 14.4. The number of furan rings is 1. The lowest BCUT2D eigenvalue weighted by Gasteiger charge is -2.15. The molecule has 0 aliphatic rings. The van der Waals surface area contributed by atoms with Gasteiger partial charge in [0.25, 0.3) is 0 Å². The second-order valence-corrected chi connectivity index (χ2v) is 14.4. The summed E-state index contributed by atoms with van der Waals surface area (Å²) in [6.45, 7) is 0. The van der Waals surface area contributed by atoms with Crippen LogP contribution in [0, 0.1) is 0 Å². The lowest BCUT2D eigenvalue weighted by Crippen LogP contribution is -2.01. The van der Waals surface area contributed by atoms with E-state index < -0.39 is 0 Å². The molecular weight excluding hydrogens is 695 g/mol. The summed E-state index contributed by atoms with van der Waals surface area (Å²) in [4.78, 5) is 15.4. The first kappa shape index (κ1) is 32.7. The zero-order chi connectivity index (χ0) is 37.7. The molecule has 4 heteroatoms. The van der Waals surface area contributed by atoms with Crippen molar-refractivity contribution in [3.63, 3.8) is 0 Å². The summed E-state index contributed by atoms with van der Waals surface area (Å²) in [5.41, 5.74) is 11.3. The van der Waals surface area contributed by atoms with E-state index in [9.17, 15) is 0 Å². The molecule has 57 heavy (non-hydrogen) atoms. The molecule has 0 atom stereocenters. The van der Waals surface area contributed by atoms with Crippen LogP contribution in [0.1, 0.15) is 0 Å². The molecular formula is C53H33N3O. The van der Waals surface area contributed by atoms with Crippen LogP contribution in [0.2, 0.25) is 0 Å². The van der Waals surface area contributed by atoms with Gasteiger partial charge in [-0.05, 0) is 85.3 Å². The maximum absolute atomic E-state index is 6.71. The van der Waals surface area contributed by atoms with E-state index in [1.807, 2.05) is 36.4 Å². The predicted molar refractivity (Wildman–Crippen MR) is 235 cm³/mol. The van der Waals surface area contributed by atoms with Crippen molar-refractivity contribution in [2.45, 2.75) is 0 Å². The van der Waals surface area contributed by atoms with Crippen molar-refractivity contribution in [1.82, 2.24) is 15.0 Å². The van der Waals surface area contributed by atoms with E-state index in [1.54, 1.807) is 0 Å². The van der Waals surface area contributed by atoms with Crippen LogP contribution >= 0.6 is 0 Å². The highest BCUT2D eigenvalue weighted by Gasteiger charge is 2.20. The predicted octanol–water partition coefficient (Wildman–Crippen LogP) is 14.1. The number of fused-ring (bicyclic) bond motifs is 5. The van der Waals surface area contributed by atoms with E-state index in [4.69, 9.17) is 19.4 Å². The normalized spacial score (nSPS) is 11.5. The summed E-state index contributed by atoms with van der Waals surface area (Å²) in [5.74, 6) is 1.88. The minimum Gasteiger partial charge on any atom is -0.456 e. The third-order valence-electron chi connectivity index (χ3n) is 10.9. The Kier molecular flexibility index (Phi) is 7.78. The van der Waals surface area contributed by atoms with Crippen molar-refractivity contribution in [2.75, 3.05) is 0 Å². The van der Waals surface area contributed by atoms with Gasteiger partial charge in [-0.15, -0.1) is 0 Å². The van der Waals surface area contributed by atoms with Gasteiger partial charge in [0.05, 0.1) is 0 Å². The SMILES string of the molecule is c1ccc(-c2ccc(-c3nc(-c4ccccc4)nc(-c4ccc(-c5cc(-c6ccccc6)cc6oc7cc8ccccc8cc7c56)c5ccccc45)n3)cc2)cc1. The fraction of sp³-hybridized carbons (Fsp3) is 0. The summed E-state index contributed by atoms with van der Waals surface area (Å²) in [6, 6.07) is 69.9. The number of aromatic nitrogens is 3. The molecule has 4 nitrogen and oxygen atoms in total. The Balaban J connectivity index is 1.12. The quantitative estimate of drug-likeness (QED) is 0.171. The third-order valence-corrected chi connectivity index (χ3v) is 10.9. The fourth-order valence-electron chi connectivity index (χ4n) is 8.11. The van der Waals surface area contributed by atoms with E-state index >= 15 is 0 Å². The third kappa shape index (κ3) is 5.83. The molecule has 0 spiro atoms. The van der Waals surface area contributed by atoms with Gasteiger partial charge in [0.2, 0.25) is 0 Å². The van der Waals surface area contributed by atoms with E-state index in [2.05, 4.69) is 164 Å². The summed E-state index contributed by atoms with van der Waals surface area (Å²) < 4.78 is 6.71. The number of rotatable bonds is 6. The first-order chi connectivity index (χ1) is 28.2. The summed E-state index contributed by atoms with van der Waals surface area (Å²) in [5, 5.41) is 6.69. The molecule has 0 saturated carbocycles. The Bertz CT molecular complexity index is 3260. The van der Waals surface area contributed by atoms with E-state index in [1.165, 1.54) is 10.9 Å². The molecule has 0 saturated heterocycles. The molecule has 0 bridgehead atoms. The molecule has 0 aliphatic carbocycles. The largest absolute Gasteiger partial charge is 0.456 e. The van der Waals surface area contributed by atoms with Gasteiger partial charge in [-0.2, -0.15) is 0 Å². The van der Waals surface area contributed by atoms with Crippen molar-refractivity contribution >= 4 is 43.5 Å². The van der Waals surface area contributed by atoms with Crippen molar-refractivity contribution in [3.8, 4) is 67.5 Å². The lowest BCUT2D eigenvalue weighted by atomic mass is 9.90.